The number of allylic oxidation sites excluding steroid dienone is 4. The van der Waals surface area contributed by atoms with Crippen molar-refractivity contribution in [1.82, 2.24) is 0 Å². The summed E-state index contributed by atoms with van der Waals surface area (Å²) in [5.74, 6) is 0. The van der Waals surface area contributed by atoms with Crippen molar-refractivity contribution in [2.75, 3.05) is 0 Å². The summed E-state index contributed by atoms with van der Waals surface area (Å²) < 4.78 is 22.8. The lowest BCUT2D eigenvalue weighted by molar-refractivity contribution is 0.627. The van der Waals surface area contributed by atoms with Crippen LogP contribution in [0.15, 0.2) is 47.0 Å². The van der Waals surface area contributed by atoms with Gasteiger partial charge in [-0.2, -0.15) is 8.42 Å². The number of halogens is 1. The van der Waals surface area contributed by atoms with E-state index in [1.807, 2.05) is 36.4 Å². The summed E-state index contributed by atoms with van der Waals surface area (Å²) in [6.07, 6.45) is 4.10. The van der Waals surface area contributed by atoms with Crippen LogP contribution >= 0.6 is 15.9 Å². The maximum atomic E-state index is 10.9. The van der Waals surface area contributed by atoms with Crippen LogP contribution < -0.4 is 0 Å². The van der Waals surface area contributed by atoms with Gasteiger partial charge in [-0.05, 0) is 23.3 Å². The molecule has 0 saturated heterocycles. The third-order valence-electron chi connectivity index (χ3n) is 2.29. The lowest BCUT2D eigenvalue weighted by Crippen LogP contribution is -2.01. The lowest BCUT2D eigenvalue weighted by Gasteiger charge is -2.10. The van der Waals surface area contributed by atoms with Crippen molar-refractivity contribution in [3.8, 4) is 0 Å². The van der Waals surface area contributed by atoms with Crippen LogP contribution in [0.1, 0.15) is 12.0 Å². The van der Waals surface area contributed by atoms with Gasteiger partial charge in [-0.25, -0.2) is 0 Å². The molecule has 0 atom stereocenters. The number of hydrogen-bond acceptors (Lipinski definition) is 2. The van der Waals surface area contributed by atoms with Gasteiger partial charge in [0, 0.05) is 10.9 Å². The van der Waals surface area contributed by atoms with Gasteiger partial charge >= 0.3 is 0 Å². The molecular weight excluding hydrogens is 288 g/mol. The predicted molar refractivity (Wildman–Crippen MR) is 70.0 cm³/mol. The maximum absolute atomic E-state index is 10.9. The zero-order chi connectivity index (χ0) is 11.5. The topological polar surface area (TPSA) is 34.1 Å². The highest BCUT2D eigenvalue weighted by molar-refractivity contribution is 9.11. The van der Waals surface area contributed by atoms with Crippen molar-refractivity contribution in [1.29, 1.82) is 0 Å². The van der Waals surface area contributed by atoms with Gasteiger partial charge in [0.05, 0.1) is 4.86 Å². The van der Waals surface area contributed by atoms with Crippen molar-refractivity contribution < 1.29 is 8.42 Å². The van der Waals surface area contributed by atoms with E-state index in [-0.39, 0.29) is 0 Å². The summed E-state index contributed by atoms with van der Waals surface area (Å²) in [7, 11) is -2.15. The summed E-state index contributed by atoms with van der Waals surface area (Å²) in [6, 6.07) is 9.71. The van der Waals surface area contributed by atoms with Gasteiger partial charge in [-0.3, -0.25) is 0 Å². The lowest BCUT2D eigenvalue weighted by atomic mass is 10.00. The first-order valence-corrected chi connectivity index (χ1v) is 6.62. The van der Waals surface area contributed by atoms with Gasteiger partial charge in [0.15, 0.2) is 0 Å². The largest absolute Gasteiger partial charge is 0.217 e. The molecular formula is C12H9BrO2S. The molecule has 0 aromatic heterocycles. The van der Waals surface area contributed by atoms with Gasteiger partial charge in [0.25, 0.3) is 0 Å². The minimum absolute atomic E-state index is 0.410. The molecule has 0 unspecified atom stereocenters. The average Bonchev–Trinajstić information content (AvgIpc) is 2.29. The van der Waals surface area contributed by atoms with Crippen LogP contribution in [0, 0.1) is 0 Å². The fourth-order valence-corrected chi connectivity index (χ4v) is 2.79. The van der Waals surface area contributed by atoms with E-state index in [1.165, 1.54) is 0 Å². The quantitative estimate of drug-likeness (QED) is 0.747. The summed E-state index contributed by atoms with van der Waals surface area (Å²) in [5.41, 5.74) is 1.93. The Morgan fingerprint density at radius 1 is 1.06 bits per heavy atom. The molecule has 2 nitrogen and oxygen atoms in total. The molecule has 0 heterocycles. The Morgan fingerprint density at radius 3 is 2.38 bits per heavy atom. The summed E-state index contributed by atoms with van der Waals surface area (Å²) >= 11 is 3.36. The van der Waals surface area contributed by atoms with E-state index in [9.17, 15) is 8.42 Å². The second-order valence-corrected chi connectivity index (χ2v) is 5.45. The zero-order valence-corrected chi connectivity index (χ0v) is 10.8. The van der Waals surface area contributed by atoms with E-state index in [0.717, 1.165) is 15.6 Å². The third-order valence-corrected chi connectivity index (χ3v) is 3.49. The Bertz CT molecular complexity index is 587. The minimum atomic E-state index is -2.15. The molecule has 0 radical (unpaired) electrons. The molecule has 2 rings (SSSR count). The molecule has 16 heavy (non-hydrogen) atoms. The van der Waals surface area contributed by atoms with E-state index in [4.69, 9.17) is 0 Å². The van der Waals surface area contributed by atoms with Crippen molar-refractivity contribution >= 4 is 36.7 Å². The maximum Gasteiger partial charge on any atom is 0.217 e. The molecule has 0 saturated carbocycles. The fourth-order valence-electron chi connectivity index (χ4n) is 1.56. The summed E-state index contributed by atoms with van der Waals surface area (Å²) in [5, 5.41) is 0. The second kappa shape index (κ2) is 4.80. The Labute approximate surface area is 104 Å². The molecule has 1 aromatic carbocycles. The molecule has 4 heteroatoms. The predicted octanol–water partition coefficient (Wildman–Crippen LogP) is 2.80. The number of rotatable bonds is 1. The normalized spacial score (nSPS) is 15.4. The van der Waals surface area contributed by atoms with Gasteiger partial charge in [0.2, 0.25) is 10.3 Å². The van der Waals surface area contributed by atoms with Gasteiger partial charge in [0.1, 0.15) is 0 Å². The molecule has 0 amide bonds. The Morgan fingerprint density at radius 2 is 1.75 bits per heavy atom. The third kappa shape index (κ3) is 2.51. The van der Waals surface area contributed by atoms with Crippen molar-refractivity contribution in [2.24, 2.45) is 0 Å². The molecule has 1 aliphatic rings. The zero-order valence-electron chi connectivity index (χ0n) is 8.35. The van der Waals surface area contributed by atoms with Crippen LogP contribution in [0.5, 0.6) is 0 Å². The highest BCUT2D eigenvalue weighted by Crippen LogP contribution is 2.26. The molecule has 0 bridgehead atoms. The van der Waals surface area contributed by atoms with Crippen LogP contribution in [0.3, 0.4) is 0 Å². The number of hydrogen-bond donors (Lipinski definition) is 0. The molecule has 1 aliphatic carbocycles. The first-order valence-electron chi connectivity index (χ1n) is 4.75. The van der Waals surface area contributed by atoms with Crippen LogP contribution in [-0.2, 0) is 10.3 Å². The standard InChI is InChI=1S/C12H9BrO2S/c13-11-6-10(7-12(8-11)16(14)15)9-4-2-1-3-5-9/h1-7H,8H2. The molecule has 0 N–H and O–H groups in total. The average molecular weight is 297 g/mol. The highest BCUT2D eigenvalue weighted by atomic mass is 79.9. The smallest absolute Gasteiger partial charge is 0.184 e. The van der Waals surface area contributed by atoms with Gasteiger partial charge in [-0.15, -0.1) is 0 Å². The highest BCUT2D eigenvalue weighted by Gasteiger charge is 2.10. The van der Waals surface area contributed by atoms with Gasteiger partial charge in [-0.1, -0.05) is 46.3 Å². The van der Waals surface area contributed by atoms with E-state index >= 15 is 0 Å². The van der Waals surface area contributed by atoms with Crippen LogP contribution in [0.4, 0.5) is 0 Å². The van der Waals surface area contributed by atoms with Gasteiger partial charge < -0.3 is 0 Å². The molecule has 1 aromatic rings. The van der Waals surface area contributed by atoms with Crippen molar-refractivity contribution in [2.45, 2.75) is 6.42 Å². The minimum Gasteiger partial charge on any atom is -0.184 e. The van der Waals surface area contributed by atoms with E-state index in [1.54, 1.807) is 6.08 Å². The Balaban J connectivity index is 2.53. The SMILES string of the molecule is O=S(=O)=C1C=C(c2ccccc2)C=C(Br)C1. The van der Waals surface area contributed by atoms with Crippen molar-refractivity contribution in [3.63, 3.8) is 0 Å². The monoisotopic (exact) mass is 296 g/mol. The molecule has 0 spiro atoms. The fraction of sp³-hybridized carbons (Fsp3) is 0.0833. The van der Waals surface area contributed by atoms with E-state index in [0.29, 0.717) is 11.3 Å². The first-order chi connectivity index (χ1) is 7.66. The van der Waals surface area contributed by atoms with E-state index < -0.39 is 10.3 Å². The van der Waals surface area contributed by atoms with E-state index in [2.05, 4.69) is 15.9 Å². The molecule has 0 fully saturated rings. The summed E-state index contributed by atoms with van der Waals surface area (Å²) in [4.78, 5) is 0.410. The Kier molecular flexibility index (Phi) is 3.41. The van der Waals surface area contributed by atoms with Crippen LogP contribution in [-0.4, -0.2) is 13.3 Å². The molecule has 82 valence electrons. The number of benzene rings is 1. The first kappa shape index (κ1) is 11.4. The van der Waals surface area contributed by atoms with Crippen molar-refractivity contribution in [3.05, 3.63) is 52.5 Å². The second-order valence-electron chi connectivity index (χ2n) is 3.43. The molecule has 0 aliphatic heterocycles. The summed E-state index contributed by atoms with van der Waals surface area (Å²) in [6.45, 7) is 0. The Hall–Kier alpha value is -1.13. The van der Waals surface area contributed by atoms with Crippen LogP contribution in [0.25, 0.3) is 5.57 Å². The van der Waals surface area contributed by atoms with Crippen LogP contribution in [0.2, 0.25) is 0 Å².